The first-order valence-corrected chi connectivity index (χ1v) is 3.11. The van der Waals surface area contributed by atoms with Crippen molar-refractivity contribution in [3.63, 3.8) is 0 Å². The minimum absolute atomic E-state index is 0.176. The number of hydrogen-bond acceptors (Lipinski definition) is 3. The van der Waals surface area contributed by atoms with Gasteiger partial charge in [-0.2, -0.15) is 0 Å². The van der Waals surface area contributed by atoms with E-state index in [1.165, 1.54) is 0 Å². The summed E-state index contributed by atoms with van der Waals surface area (Å²) in [6.07, 6.45) is 5.13. The quantitative estimate of drug-likeness (QED) is 0.557. The summed E-state index contributed by atoms with van der Waals surface area (Å²) in [5.41, 5.74) is 6.40. The lowest BCUT2D eigenvalue weighted by Crippen LogP contribution is -1.98. The maximum Gasteiger partial charge on any atom is 0.123 e. The molecule has 56 valence electrons. The van der Waals surface area contributed by atoms with E-state index in [0.717, 1.165) is 0 Å². The van der Waals surface area contributed by atoms with Gasteiger partial charge in [0.05, 0.1) is 12.3 Å². The SMILES string of the molecule is C#Cc1ccc(N)nc1CO. The molecule has 0 saturated carbocycles. The molecule has 0 aliphatic heterocycles. The highest BCUT2D eigenvalue weighted by Gasteiger charge is 1.99. The summed E-state index contributed by atoms with van der Waals surface area (Å²) >= 11 is 0. The predicted octanol–water partition coefficient (Wildman–Crippen LogP) is 0.137. The summed E-state index contributed by atoms with van der Waals surface area (Å²) in [5.74, 6) is 2.76. The van der Waals surface area contributed by atoms with Crippen LogP contribution in [0.1, 0.15) is 11.3 Å². The number of anilines is 1. The molecule has 0 aromatic carbocycles. The van der Waals surface area contributed by atoms with Crippen LogP contribution in [-0.4, -0.2) is 10.1 Å². The largest absolute Gasteiger partial charge is 0.390 e. The Bertz CT molecular complexity index is 301. The third-order valence-corrected chi connectivity index (χ3v) is 1.30. The molecular weight excluding hydrogens is 140 g/mol. The molecule has 1 rings (SSSR count). The number of aliphatic hydroxyl groups is 1. The number of hydrogen-bond donors (Lipinski definition) is 2. The zero-order valence-electron chi connectivity index (χ0n) is 5.91. The molecule has 0 aliphatic carbocycles. The Kier molecular flexibility index (Phi) is 2.09. The maximum atomic E-state index is 8.76. The highest BCUT2D eigenvalue weighted by Crippen LogP contribution is 2.07. The second kappa shape index (κ2) is 3.04. The molecule has 0 radical (unpaired) electrons. The molecule has 3 nitrogen and oxygen atoms in total. The normalized spacial score (nSPS) is 9.09. The average Bonchev–Trinajstić information content (AvgIpc) is 2.04. The van der Waals surface area contributed by atoms with Gasteiger partial charge in [0.2, 0.25) is 0 Å². The van der Waals surface area contributed by atoms with Crippen molar-refractivity contribution in [3.8, 4) is 12.3 Å². The Labute approximate surface area is 64.9 Å². The van der Waals surface area contributed by atoms with Crippen molar-refractivity contribution in [1.29, 1.82) is 0 Å². The van der Waals surface area contributed by atoms with Crippen LogP contribution >= 0.6 is 0 Å². The lowest BCUT2D eigenvalue weighted by Gasteiger charge is -1.99. The van der Waals surface area contributed by atoms with Gasteiger partial charge in [0.25, 0.3) is 0 Å². The van der Waals surface area contributed by atoms with Crippen LogP contribution in [0.15, 0.2) is 12.1 Å². The highest BCUT2D eigenvalue weighted by atomic mass is 16.3. The van der Waals surface area contributed by atoms with Crippen molar-refractivity contribution in [3.05, 3.63) is 23.4 Å². The summed E-state index contributed by atoms with van der Waals surface area (Å²) < 4.78 is 0. The Morgan fingerprint density at radius 1 is 1.64 bits per heavy atom. The Balaban J connectivity index is 3.19. The van der Waals surface area contributed by atoms with E-state index in [4.69, 9.17) is 17.3 Å². The monoisotopic (exact) mass is 148 g/mol. The summed E-state index contributed by atoms with van der Waals surface area (Å²) in [6, 6.07) is 3.27. The van der Waals surface area contributed by atoms with Crippen LogP contribution in [0.2, 0.25) is 0 Å². The van der Waals surface area contributed by atoms with Crippen LogP contribution in [0.4, 0.5) is 5.82 Å². The first-order valence-electron chi connectivity index (χ1n) is 3.11. The smallest absolute Gasteiger partial charge is 0.123 e. The van der Waals surface area contributed by atoms with Gasteiger partial charge in [-0.25, -0.2) is 4.98 Å². The molecule has 1 aromatic rings. The molecule has 1 heterocycles. The highest BCUT2D eigenvalue weighted by molar-refractivity contribution is 5.41. The number of terminal acetylenes is 1. The molecule has 0 unspecified atom stereocenters. The van der Waals surface area contributed by atoms with Crippen molar-refractivity contribution in [2.75, 3.05) is 5.73 Å². The molecule has 0 fully saturated rings. The standard InChI is InChI=1S/C8H8N2O/c1-2-6-3-4-8(9)10-7(6)5-11/h1,3-4,11H,5H2,(H2,9,10). The van der Waals surface area contributed by atoms with E-state index in [2.05, 4.69) is 10.9 Å². The van der Waals surface area contributed by atoms with Gasteiger partial charge < -0.3 is 10.8 Å². The zero-order chi connectivity index (χ0) is 8.27. The fourth-order valence-corrected chi connectivity index (χ4v) is 0.770. The number of nitrogens with two attached hydrogens (primary N) is 1. The number of nitrogens with zero attached hydrogens (tertiary/aromatic N) is 1. The van der Waals surface area contributed by atoms with Gasteiger partial charge >= 0.3 is 0 Å². The molecule has 0 spiro atoms. The average molecular weight is 148 g/mol. The van der Waals surface area contributed by atoms with Gasteiger partial charge in [-0.1, -0.05) is 5.92 Å². The van der Waals surface area contributed by atoms with E-state index < -0.39 is 0 Å². The lowest BCUT2D eigenvalue weighted by molar-refractivity contribution is 0.276. The number of aliphatic hydroxyl groups excluding tert-OH is 1. The van der Waals surface area contributed by atoms with E-state index in [1.54, 1.807) is 12.1 Å². The number of rotatable bonds is 1. The fourth-order valence-electron chi connectivity index (χ4n) is 0.770. The topological polar surface area (TPSA) is 59.1 Å². The first kappa shape index (κ1) is 7.58. The lowest BCUT2D eigenvalue weighted by atomic mass is 10.2. The van der Waals surface area contributed by atoms with Crippen molar-refractivity contribution < 1.29 is 5.11 Å². The van der Waals surface area contributed by atoms with Crippen LogP contribution in [0.3, 0.4) is 0 Å². The van der Waals surface area contributed by atoms with E-state index >= 15 is 0 Å². The van der Waals surface area contributed by atoms with Gasteiger partial charge in [-0.3, -0.25) is 0 Å². The van der Waals surface area contributed by atoms with Gasteiger partial charge in [0, 0.05) is 5.56 Å². The van der Waals surface area contributed by atoms with Crippen LogP contribution in [-0.2, 0) is 6.61 Å². The van der Waals surface area contributed by atoms with Crippen LogP contribution in [0, 0.1) is 12.3 Å². The van der Waals surface area contributed by atoms with Crippen molar-refractivity contribution >= 4 is 5.82 Å². The van der Waals surface area contributed by atoms with Crippen LogP contribution < -0.4 is 5.73 Å². The molecule has 3 N–H and O–H groups in total. The molecular formula is C8H8N2O. The summed E-state index contributed by atoms with van der Waals surface area (Å²) in [5, 5.41) is 8.76. The van der Waals surface area contributed by atoms with Crippen LogP contribution in [0.25, 0.3) is 0 Å². The summed E-state index contributed by atoms with van der Waals surface area (Å²) in [7, 11) is 0. The van der Waals surface area contributed by atoms with Gasteiger partial charge in [-0.05, 0) is 12.1 Å². The van der Waals surface area contributed by atoms with Gasteiger partial charge in [0.1, 0.15) is 5.82 Å². The van der Waals surface area contributed by atoms with E-state index in [1.807, 2.05) is 0 Å². The molecule has 0 atom stereocenters. The van der Waals surface area contributed by atoms with Crippen molar-refractivity contribution in [2.24, 2.45) is 0 Å². The van der Waals surface area contributed by atoms with E-state index in [9.17, 15) is 0 Å². The van der Waals surface area contributed by atoms with Crippen LogP contribution in [0.5, 0.6) is 0 Å². The third kappa shape index (κ3) is 1.48. The fraction of sp³-hybridized carbons (Fsp3) is 0.125. The summed E-state index contributed by atoms with van der Waals surface area (Å²) in [4.78, 5) is 3.85. The Morgan fingerprint density at radius 3 is 2.91 bits per heavy atom. The first-order chi connectivity index (χ1) is 5.27. The molecule has 11 heavy (non-hydrogen) atoms. The van der Waals surface area contributed by atoms with Crippen molar-refractivity contribution in [2.45, 2.75) is 6.61 Å². The third-order valence-electron chi connectivity index (χ3n) is 1.30. The zero-order valence-corrected chi connectivity index (χ0v) is 5.91. The molecule has 0 amide bonds. The molecule has 0 aliphatic rings. The second-order valence-corrected chi connectivity index (χ2v) is 2.03. The summed E-state index contributed by atoms with van der Waals surface area (Å²) in [6.45, 7) is -0.176. The number of pyridine rings is 1. The predicted molar refractivity (Wildman–Crippen MR) is 42.5 cm³/mol. The second-order valence-electron chi connectivity index (χ2n) is 2.03. The number of aromatic nitrogens is 1. The molecule has 3 heteroatoms. The maximum absolute atomic E-state index is 8.76. The minimum Gasteiger partial charge on any atom is -0.390 e. The Hall–Kier alpha value is -1.53. The Morgan fingerprint density at radius 2 is 2.36 bits per heavy atom. The number of nitrogen functional groups attached to an aromatic ring is 1. The molecule has 1 aromatic heterocycles. The van der Waals surface area contributed by atoms with E-state index in [-0.39, 0.29) is 6.61 Å². The van der Waals surface area contributed by atoms with E-state index in [0.29, 0.717) is 17.1 Å². The molecule has 0 bridgehead atoms. The minimum atomic E-state index is -0.176. The van der Waals surface area contributed by atoms with Gasteiger partial charge in [0.15, 0.2) is 0 Å². The molecule has 0 saturated heterocycles. The van der Waals surface area contributed by atoms with Gasteiger partial charge in [-0.15, -0.1) is 6.42 Å². The van der Waals surface area contributed by atoms with Crippen molar-refractivity contribution in [1.82, 2.24) is 4.98 Å².